The number of para-hydroxylation sites is 1. The van der Waals surface area contributed by atoms with Gasteiger partial charge in [0.25, 0.3) is 0 Å². The Balaban J connectivity index is 1.18. The highest BCUT2D eigenvalue weighted by atomic mass is 32.1. The van der Waals surface area contributed by atoms with E-state index in [-0.39, 0.29) is 0 Å². The van der Waals surface area contributed by atoms with Gasteiger partial charge in [0.15, 0.2) is 17.5 Å². The van der Waals surface area contributed by atoms with Crippen LogP contribution in [0.4, 0.5) is 0 Å². The SMILES string of the molecule is c1ccc(-c2ccc(-c3nc(-c4ccccc4)nc(-c4cccc(-c5c(-c6ccccc6)sc6c(-c7ccccc7)nc7ccccc7c56)c4)n3)cc2)cc1. The highest BCUT2D eigenvalue weighted by Crippen LogP contribution is 2.50. The number of hydrogen-bond donors (Lipinski definition) is 0. The highest BCUT2D eigenvalue weighted by molar-refractivity contribution is 7.23. The molecule has 0 atom stereocenters. The Morgan fingerprint density at radius 1 is 0.327 bits per heavy atom. The van der Waals surface area contributed by atoms with Crippen LogP contribution >= 0.6 is 11.3 Å². The van der Waals surface area contributed by atoms with Crippen LogP contribution in [0.25, 0.3) is 99.1 Å². The molecule has 0 fully saturated rings. The molecule has 0 aliphatic carbocycles. The number of benzene rings is 7. The third kappa shape index (κ3) is 6.17. The van der Waals surface area contributed by atoms with E-state index in [1.165, 1.54) is 27.0 Å². The molecule has 0 aliphatic rings. The molecule has 4 nitrogen and oxygen atoms in total. The van der Waals surface area contributed by atoms with Gasteiger partial charge in [-0.2, -0.15) is 0 Å². The molecule has 10 rings (SSSR count). The molecule has 10 aromatic rings. The summed E-state index contributed by atoms with van der Waals surface area (Å²) in [7, 11) is 0. The van der Waals surface area contributed by atoms with Gasteiger partial charge in [-0.25, -0.2) is 19.9 Å². The summed E-state index contributed by atoms with van der Waals surface area (Å²) in [6.07, 6.45) is 0. The molecule has 0 unspecified atom stereocenters. The van der Waals surface area contributed by atoms with E-state index in [1.807, 2.05) is 36.4 Å². The maximum atomic E-state index is 5.26. The fourth-order valence-corrected chi connectivity index (χ4v) is 8.63. The lowest BCUT2D eigenvalue weighted by Gasteiger charge is -2.12. The third-order valence-electron chi connectivity index (χ3n) is 9.94. The maximum Gasteiger partial charge on any atom is 0.164 e. The summed E-state index contributed by atoms with van der Waals surface area (Å²) < 4.78 is 1.16. The van der Waals surface area contributed by atoms with Gasteiger partial charge in [0.1, 0.15) is 0 Å². The molecule has 5 heteroatoms. The molecule has 258 valence electrons. The molecule has 3 heterocycles. The van der Waals surface area contributed by atoms with Crippen LogP contribution in [0, 0.1) is 0 Å². The lowest BCUT2D eigenvalue weighted by molar-refractivity contribution is 1.07. The Bertz CT molecular complexity index is 2940. The molecule has 7 aromatic carbocycles. The minimum Gasteiger partial charge on any atom is -0.246 e. The lowest BCUT2D eigenvalue weighted by Crippen LogP contribution is -2.00. The minimum atomic E-state index is 0.620. The molecule has 0 radical (unpaired) electrons. The largest absolute Gasteiger partial charge is 0.246 e. The van der Waals surface area contributed by atoms with Crippen molar-refractivity contribution in [2.75, 3.05) is 0 Å². The van der Waals surface area contributed by atoms with Gasteiger partial charge in [-0.15, -0.1) is 11.3 Å². The quantitative estimate of drug-likeness (QED) is 0.164. The molecule has 0 aliphatic heterocycles. The smallest absolute Gasteiger partial charge is 0.164 e. The lowest BCUT2D eigenvalue weighted by atomic mass is 9.94. The topological polar surface area (TPSA) is 51.6 Å². The molecular weight excluding hydrogens is 689 g/mol. The molecule has 55 heavy (non-hydrogen) atoms. The van der Waals surface area contributed by atoms with Crippen molar-refractivity contribution in [1.29, 1.82) is 0 Å². The second-order valence-electron chi connectivity index (χ2n) is 13.4. The van der Waals surface area contributed by atoms with Gasteiger partial charge in [-0.05, 0) is 34.4 Å². The van der Waals surface area contributed by atoms with E-state index in [9.17, 15) is 0 Å². The number of nitrogens with zero attached hydrogens (tertiary/aromatic N) is 4. The van der Waals surface area contributed by atoms with E-state index in [1.54, 1.807) is 11.3 Å². The fourth-order valence-electron chi connectivity index (χ4n) is 7.28. The van der Waals surface area contributed by atoms with E-state index in [0.29, 0.717) is 17.5 Å². The van der Waals surface area contributed by atoms with Crippen molar-refractivity contribution >= 4 is 32.3 Å². The van der Waals surface area contributed by atoms with Gasteiger partial charge >= 0.3 is 0 Å². The van der Waals surface area contributed by atoms with Crippen LogP contribution < -0.4 is 0 Å². The Morgan fingerprint density at radius 2 is 0.782 bits per heavy atom. The predicted octanol–water partition coefficient (Wildman–Crippen LogP) is 13.3. The number of hydrogen-bond acceptors (Lipinski definition) is 5. The first-order valence-electron chi connectivity index (χ1n) is 18.3. The fraction of sp³-hybridized carbons (Fsp3) is 0. The van der Waals surface area contributed by atoms with Gasteiger partial charge in [0.2, 0.25) is 0 Å². The first kappa shape index (κ1) is 32.6. The van der Waals surface area contributed by atoms with Crippen LogP contribution in [0.5, 0.6) is 0 Å². The first-order chi connectivity index (χ1) is 27.3. The van der Waals surface area contributed by atoms with Gasteiger partial charge < -0.3 is 0 Å². The molecule has 0 spiro atoms. The van der Waals surface area contributed by atoms with Crippen molar-refractivity contribution in [3.8, 4) is 78.1 Å². The van der Waals surface area contributed by atoms with Gasteiger partial charge in [-0.3, -0.25) is 0 Å². The van der Waals surface area contributed by atoms with E-state index in [4.69, 9.17) is 19.9 Å². The zero-order valence-corrected chi connectivity index (χ0v) is 30.5. The zero-order chi connectivity index (χ0) is 36.6. The number of thiophene rings is 1. The first-order valence-corrected chi connectivity index (χ1v) is 19.1. The van der Waals surface area contributed by atoms with Crippen molar-refractivity contribution in [1.82, 2.24) is 19.9 Å². The van der Waals surface area contributed by atoms with Crippen LogP contribution in [-0.4, -0.2) is 19.9 Å². The highest BCUT2D eigenvalue weighted by Gasteiger charge is 2.23. The Kier molecular flexibility index (Phi) is 8.32. The Morgan fingerprint density at radius 3 is 1.44 bits per heavy atom. The molecule has 0 saturated heterocycles. The van der Waals surface area contributed by atoms with Gasteiger partial charge in [0, 0.05) is 43.5 Å². The number of rotatable bonds is 7. The minimum absolute atomic E-state index is 0.620. The summed E-state index contributed by atoms with van der Waals surface area (Å²) in [6, 6.07) is 67.3. The van der Waals surface area contributed by atoms with Crippen molar-refractivity contribution in [3.05, 3.63) is 194 Å². The van der Waals surface area contributed by atoms with E-state index < -0.39 is 0 Å². The van der Waals surface area contributed by atoms with E-state index in [0.717, 1.165) is 54.7 Å². The summed E-state index contributed by atoms with van der Waals surface area (Å²) in [6.45, 7) is 0. The third-order valence-corrected chi connectivity index (χ3v) is 11.2. The number of aromatic nitrogens is 4. The summed E-state index contributed by atoms with van der Waals surface area (Å²) in [5.41, 5.74) is 11.6. The average Bonchev–Trinajstić information content (AvgIpc) is 3.69. The second kappa shape index (κ2) is 14.0. The summed E-state index contributed by atoms with van der Waals surface area (Å²) >= 11 is 1.80. The van der Waals surface area contributed by atoms with Gasteiger partial charge in [0.05, 0.1) is 15.9 Å². The normalized spacial score (nSPS) is 11.3. The van der Waals surface area contributed by atoms with Crippen molar-refractivity contribution in [2.45, 2.75) is 0 Å². The summed E-state index contributed by atoms with van der Waals surface area (Å²) in [4.78, 5) is 21.7. The summed E-state index contributed by atoms with van der Waals surface area (Å²) in [5, 5.41) is 2.33. The van der Waals surface area contributed by atoms with Crippen molar-refractivity contribution < 1.29 is 0 Å². The molecule has 0 N–H and O–H groups in total. The molecular formula is C50H32N4S. The van der Waals surface area contributed by atoms with Crippen LogP contribution in [0.3, 0.4) is 0 Å². The maximum absolute atomic E-state index is 5.26. The Labute approximate surface area is 323 Å². The zero-order valence-electron chi connectivity index (χ0n) is 29.7. The Hall–Kier alpha value is -7.08. The molecule has 0 amide bonds. The van der Waals surface area contributed by atoms with Crippen molar-refractivity contribution in [2.24, 2.45) is 0 Å². The number of fused-ring (bicyclic) bond motifs is 3. The molecule has 0 saturated carbocycles. The molecule has 0 bridgehead atoms. The van der Waals surface area contributed by atoms with Gasteiger partial charge in [-0.1, -0.05) is 182 Å². The van der Waals surface area contributed by atoms with E-state index >= 15 is 0 Å². The predicted molar refractivity (Wildman–Crippen MR) is 229 cm³/mol. The van der Waals surface area contributed by atoms with E-state index in [2.05, 4.69) is 158 Å². The van der Waals surface area contributed by atoms with Crippen LogP contribution in [0.1, 0.15) is 0 Å². The number of pyridine rings is 1. The average molecular weight is 721 g/mol. The van der Waals surface area contributed by atoms with Crippen LogP contribution in [-0.2, 0) is 0 Å². The standard InChI is InChI=1S/C50H32N4S/c1-5-16-33(17-6-1)34-28-30-38(31-29-34)49-52-48(37-22-11-4-12-23-37)53-50(54-49)40-25-15-24-39(32-40)43-44-41-26-13-14-27-42(41)51-45(35-18-7-2-8-19-35)47(44)55-46(43)36-20-9-3-10-21-36/h1-32H. The second-order valence-corrected chi connectivity index (χ2v) is 14.4. The van der Waals surface area contributed by atoms with Crippen LogP contribution in [0.15, 0.2) is 194 Å². The molecule has 3 aromatic heterocycles. The monoisotopic (exact) mass is 720 g/mol. The van der Waals surface area contributed by atoms with Crippen LogP contribution in [0.2, 0.25) is 0 Å². The summed E-state index contributed by atoms with van der Waals surface area (Å²) in [5.74, 6) is 1.88. The van der Waals surface area contributed by atoms with Crippen molar-refractivity contribution in [3.63, 3.8) is 0 Å².